The fourth-order valence-corrected chi connectivity index (χ4v) is 4.08. The standard InChI is InChI=1S/C26H30ClNO2/c1-3-28(4-2)18-19-30-24-16-12-21(13-17-24)25(20-10-14-23(29)15-11-20)26(27)22-8-6-5-7-9-22/h5-17,25-26,29H,3-4,18-19H2,1-2H3. The number of aromatic hydroxyl groups is 1. The molecule has 0 radical (unpaired) electrons. The molecule has 0 heterocycles. The van der Waals surface area contributed by atoms with Crippen LogP contribution in [0.1, 0.15) is 41.8 Å². The van der Waals surface area contributed by atoms with Crippen LogP contribution in [-0.2, 0) is 0 Å². The number of halogens is 1. The van der Waals surface area contributed by atoms with E-state index in [1.807, 2.05) is 42.5 Å². The van der Waals surface area contributed by atoms with Gasteiger partial charge in [-0.05, 0) is 54.0 Å². The van der Waals surface area contributed by atoms with Gasteiger partial charge in [0, 0.05) is 12.5 Å². The number of ether oxygens (including phenoxy) is 1. The maximum atomic E-state index is 9.71. The normalized spacial score (nSPS) is 13.2. The van der Waals surface area contributed by atoms with Crippen LogP contribution in [0.3, 0.4) is 0 Å². The zero-order valence-electron chi connectivity index (χ0n) is 17.7. The Morgan fingerprint density at radius 1 is 0.800 bits per heavy atom. The van der Waals surface area contributed by atoms with Crippen LogP contribution in [0, 0.1) is 0 Å². The summed E-state index contributed by atoms with van der Waals surface area (Å²) in [5, 5.41) is 9.47. The van der Waals surface area contributed by atoms with Gasteiger partial charge in [-0.15, -0.1) is 11.6 Å². The molecule has 4 heteroatoms. The quantitative estimate of drug-likeness (QED) is 0.392. The average Bonchev–Trinajstić information content (AvgIpc) is 2.79. The third-order valence-electron chi connectivity index (χ3n) is 5.47. The van der Waals surface area contributed by atoms with E-state index in [1.165, 1.54) is 0 Å². The first kappa shape index (κ1) is 22.2. The van der Waals surface area contributed by atoms with Gasteiger partial charge < -0.3 is 14.7 Å². The summed E-state index contributed by atoms with van der Waals surface area (Å²) in [6.07, 6.45) is 0. The van der Waals surface area contributed by atoms with Gasteiger partial charge in [-0.2, -0.15) is 0 Å². The van der Waals surface area contributed by atoms with Crippen LogP contribution >= 0.6 is 11.6 Å². The molecule has 0 fully saturated rings. The predicted octanol–water partition coefficient (Wildman–Crippen LogP) is 6.22. The van der Waals surface area contributed by atoms with E-state index in [9.17, 15) is 5.11 Å². The minimum atomic E-state index is -0.231. The van der Waals surface area contributed by atoms with E-state index < -0.39 is 0 Å². The van der Waals surface area contributed by atoms with Crippen molar-refractivity contribution in [2.45, 2.75) is 25.1 Å². The molecule has 0 aliphatic rings. The van der Waals surface area contributed by atoms with E-state index in [2.05, 4.69) is 43.0 Å². The lowest BCUT2D eigenvalue weighted by atomic mass is 9.85. The van der Waals surface area contributed by atoms with Crippen molar-refractivity contribution in [2.24, 2.45) is 0 Å². The molecule has 0 spiro atoms. The molecule has 0 aliphatic carbocycles. The topological polar surface area (TPSA) is 32.7 Å². The van der Waals surface area contributed by atoms with Crippen molar-refractivity contribution in [3.63, 3.8) is 0 Å². The van der Waals surface area contributed by atoms with Crippen LogP contribution in [-0.4, -0.2) is 36.2 Å². The predicted molar refractivity (Wildman–Crippen MR) is 125 cm³/mol. The highest BCUT2D eigenvalue weighted by molar-refractivity contribution is 6.21. The van der Waals surface area contributed by atoms with Gasteiger partial charge in [0.15, 0.2) is 0 Å². The molecule has 0 aromatic heterocycles. The van der Waals surface area contributed by atoms with E-state index in [0.29, 0.717) is 6.61 Å². The van der Waals surface area contributed by atoms with Crippen LogP contribution in [0.2, 0.25) is 0 Å². The highest BCUT2D eigenvalue weighted by Gasteiger charge is 2.25. The Morgan fingerprint density at radius 2 is 1.37 bits per heavy atom. The average molecular weight is 424 g/mol. The second-order valence-corrected chi connectivity index (χ2v) is 7.80. The Morgan fingerprint density at radius 3 is 1.93 bits per heavy atom. The maximum Gasteiger partial charge on any atom is 0.119 e. The first-order valence-corrected chi connectivity index (χ1v) is 11.0. The molecule has 0 bridgehead atoms. The van der Waals surface area contributed by atoms with E-state index >= 15 is 0 Å². The van der Waals surface area contributed by atoms with Crippen molar-refractivity contribution in [1.29, 1.82) is 0 Å². The van der Waals surface area contributed by atoms with Gasteiger partial charge in [-0.3, -0.25) is 0 Å². The highest BCUT2D eigenvalue weighted by Crippen LogP contribution is 2.41. The molecule has 3 aromatic carbocycles. The maximum absolute atomic E-state index is 9.71. The van der Waals surface area contributed by atoms with E-state index in [0.717, 1.165) is 42.1 Å². The summed E-state index contributed by atoms with van der Waals surface area (Å²) < 4.78 is 5.93. The van der Waals surface area contributed by atoms with E-state index in [1.54, 1.807) is 12.1 Å². The van der Waals surface area contributed by atoms with Gasteiger partial charge in [0.05, 0.1) is 5.38 Å². The molecule has 3 nitrogen and oxygen atoms in total. The number of phenolic OH excluding ortho intramolecular Hbond substituents is 1. The summed E-state index contributed by atoms with van der Waals surface area (Å²) in [4.78, 5) is 2.34. The zero-order valence-corrected chi connectivity index (χ0v) is 18.4. The Hall–Kier alpha value is -2.49. The number of rotatable bonds is 10. The molecule has 30 heavy (non-hydrogen) atoms. The lowest BCUT2D eigenvalue weighted by molar-refractivity contribution is 0.223. The van der Waals surface area contributed by atoms with Gasteiger partial charge in [0.2, 0.25) is 0 Å². The minimum Gasteiger partial charge on any atom is -0.508 e. The Balaban J connectivity index is 1.80. The lowest BCUT2D eigenvalue weighted by Gasteiger charge is -2.24. The summed E-state index contributed by atoms with van der Waals surface area (Å²) in [7, 11) is 0. The lowest BCUT2D eigenvalue weighted by Crippen LogP contribution is -2.27. The van der Waals surface area contributed by atoms with E-state index in [4.69, 9.17) is 16.3 Å². The molecule has 2 unspecified atom stereocenters. The Bertz CT molecular complexity index is 877. The third-order valence-corrected chi connectivity index (χ3v) is 5.98. The molecule has 1 N–H and O–H groups in total. The summed E-state index contributed by atoms with van der Waals surface area (Å²) >= 11 is 6.97. The van der Waals surface area contributed by atoms with Crippen LogP contribution in [0.5, 0.6) is 11.5 Å². The second-order valence-electron chi connectivity index (χ2n) is 7.33. The Kier molecular flexibility index (Phi) is 8.18. The fraction of sp³-hybridized carbons (Fsp3) is 0.308. The summed E-state index contributed by atoms with van der Waals surface area (Å²) in [5.41, 5.74) is 3.24. The highest BCUT2D eigenvalue weighted by atomic mass is 35.5. The van der Waals surface area contributed by atoms with Crippen LogP contribution < -0.4 is 4.74 Å². The zero-order chi connectivity index (χ0) is 21.3. The number of likely N-dealkylation sites (N-methyl/N-ethyl adjacent to an activating group) is 1. The van der Waals surface area contributed by atoms with E-state index in [-0.39, 0.29) is 17.0 Å². The summed E-state index contributed by atoms with van der Waals surface area (Å²) in [6.45, 7) is 7.98. The number of alkyl halides is 1. The first-order valence-electron chi connectivity index (χ1n) is 10.6. The number of nitrogens with zero attached hydrogens (tertiary/aromatic N) is 1. The van der Waals surface area contributed by atoms with Crippen molar-refractivity contribution < 1.29 is 9.84 Å². The van der Waals surface area contributed by atoms with Crippen molar-refractivity contribution in [3.05, 3.63) is 95.6 Å². The first-order chi connectivity index (χ1) is 14.6. The summed E-state index contributed by atoms with van der Waals surface area (Å²) in [5.74, 6) is 1.07. The summed E-state index contributed by atoms with van der Waals surface area (Å²) in [6, 6.07) is 25.6. The fourth-order valence-electron chi connectivity index (χ4n) is 3.65. The molecule has 0 saturated heterocycles. The van der Waals surface area contributed by atoms with Gasteiger partial charge in [0.25, 0.3) is 0 Å². The smallest absolute Gasteiger partial charge is 0.119 e. The molecule has 3 aromatic rings. The van der Waals surface area contributed by atoms with Crippen molar-refractivity contribution in [2.75, 3.05) is 26.2 Å². The van der Waals surface area contributed by atoms with Gasteiger partial charge in [-0.1, -0.05) is 68.4 Å². The van der Waals surface area contributed by atoms with Gasteiger partial charge >= 0.3 is 0 Å². The molecule has 0 amide bonds. The van der Waals surface area contributed by atoms with Gasteiger partial charge in [-0.25, -0.2) is 0 Å². The molecule has 158 valence electrons. The molecular weight excluding hydrogens is 394 g/mol. The van der Waals surface area contributed by atoms with Crippen molar-refractivity contribution >= 4 is 11.6 Å². The number of hydrogen-bond donors (Lipinski definition) is 1. The number of benzene rings is 3. The minimum absolute atomic E-state index is 0.0422. The molecule has 2 atom stereocenters. The van der Waals surface area contributed by atoms with Crippen molar-refractivity contribution in [1.82, 2.24) is 4.90 Å². The largest absolute Gasteiger partial charge is 0.508 e. The van der Waals surface area contributed by atoms with Crippen LogP contribution in [0.4, 0.5) is 0 Å². The van der Waals surface area contributed by atoms with Gasteiger partial charge in [0.1, 0.15) is 18.1 Å². The molecule has 0 saturated carbocycles. The van der Waals surface area contributed by atoms with Crippen LogP contribution in [0.15, 0.2) is 78.9 Å². The van der Waals surface area contributed by atoms with Crippen LogP contribution in [0.25, 0.3) is 0 Å². The van der Waals surface area contributed by atoms with Crippen molar-refractivity contribution in [3.8, 4) is 11.5 Å². The molecule has 0 aliphatic heterocycles. The molecule has 3 rings (SSSR count). The Labute approximate surface area is 184 Å². The SMILES string of the molecule is CCN(CC)CCOc1ccc(C(c2ccc(O)cc2)C(Cl)c2ccccc2)cc1. The molecular formula is C26H30ClNO2. The second kappa shape index (κ2) is 11.1. The number of phenols is 1. The number of hydrogen-bond acceptors (Lipinski definition) is 3. The monoisotopic (exact) mass is 423 g/mol. The third kappa shape index (κ3) is 5.78.